The first-order valence-electron chi connectivity index (χ1n) is 8.74. The molecule has 0 unspecified atom stereocenters. The van der Waals surface area contributed by atoms with E-state index in [0.717, 1.165) is 0 Å². The highest BCUT2D eigenvalue weighted by Gasteiger charge is 2.51. The number of hydrogen-bond donors (Lipinski definition) is 2. The second-order valence-corrected chi connectivity index (χ2v) is 6.47. The molecule has 2 fully saturated rings. The Morgan fingerprint density at radius 3 is 2.70 bits per heavy atom. The van der Waals surface area contributed by atoms with E-state index in [1.807, 2.05) is 18.2 Å². The molecule has 2 aromatic rings. The van der Waals surface area contributed by atoms with Crippen LogP contribution in [0.3, 0.4) is 0 Å². The number of furan rings is 1. The van der Waals surface area contributed by atoms with Crippen molar-refractivity contribution in [1.82, 2.24) is 5.32 Å². The number of aliphatic hydroxyl groups is 1. The van der Waals surface area contributed by atoms with E-state index >= 15 is 0 Å². The average Bonchev–Trinajstić information content (AvgIpc) is 3.20. The summed E-state index contributed by atoms with van der Waals surface area (Å²) in [6, 6.07) is 11.7. The lowest BCUT2D eigenvalue weighted by Gasteiger charge is -2.47. The summed E-state index contributed by atoms with van der Waals surface area (Å²) < 4.78 is 28.7. The molecule has 2 aliphatic rings. The van der Waals surface area contributed by atoms with Gasteiger partial charge >= 0.3 is 0 Å². The van der Waals surface area contributed by atoms with Crippen LogP contribution >= 0.6 is 0 Å². The summed E-state index contributed by atoms with van der Waals surface area (Å²) in [6.45, 7) is 1.56. The molecular weight excluding hydrogens is 354 g/mol. The van der Waals surface area contributed by atoms with Crippen LogP contribution in [0.15, 0.2) is 53.1 Å². The van der Waals surface area contributed by atoms with Gasteiger partial charge in [0.2, 0.25) is 18.5 Å². The Balaban J connectivity index is 1.53. The molecule has 144 valence electrons. The van der Waals surface area contributed by atoms with Crippen molar-refractivity contribution in [3.05, 3.63) is 54.5 Å². The molecule has 0 aliphatic carbocycles. The lowest BCUT2D eigenvalue weighted by Crippen LogP contribution is -2.67. The first-order chi connectivity index (χ1) is 13.1. The fourth-order valence-electron chi connectivity index (χ4n) is 3.28. The molecule has 2 aliphatic heterocycles. The van der Waals surface area contributed by atoms with Gasteiger partial charge in [-0.25, -0.2) is 0 Å². The first-order valence-corrected chi connectivity index (χ1v) is 8.74. The minimum Gasteiger partial charge on any atom is -0.464 e. The van der Waals surface area contributed by atoms with Crippen LogP contribution in [0, 0.1) is 0 Å². The van der Waals surface area contributed by atoms with Gasteiger partial charge in [0.1, 0.15) is 30.1 Å². The van der Waals surface area contributed by atoms with Crippen LogP contribution in [0.5, 0.6) is 5.75 Å². The van der Waals surface area contributed by atoms with Crippen LogP contribution in [-0.2, 0) is 19.0 Å². The predicted octanol–water partition coefficient (Wildman–Crippen LogP) is 1.36. The second-order valence-electron chi connectivity index (χ2n) is 6.47. The highest BCUT2D eigenvalue weighted by atomic mass is 16.8. The lowest BCUT2D eigenvalue weighted by molar-refractivity contribution is -0.336. The van der Waals surface area contributed by atoms with Crippen LogP contribution < -0.4 is 10.1 Å². The number of aliphatic hydroxyl groups excluding tert-OH is 1. The summed E-state index contributed by atoms with van der Waals surface area (Å²) in [5.74, 6) is 0.756. The van der Waals surface area contributed by atoms with E-state index in [1.54, 1.807) is 24.3 Å². The Bertz CT molecular complexity index is 751. The third-order valence-corrected chi connectivity index (χ3v) is 4.51. The first kappa shape index (κ1) is 18.0. The number of carbonyl (C=O) groups excluding carboxylic acids is 1. The number of hydrogen-bond acceptors (Lipinski definition) is 7. The topological polar surface area (TPSA) is 99.4 Å². The highest BCUT2D eigenvalue weighted by Crippen LogP contribution is 2.34. The van der Waals surface area contributed by atoms with Crippen molar-refractivity contribution >= 4 is 5.91 Å². The molecule has 8 heteroatoms. The number of nitrogens with one attached hydrogen (secondary N) is 1. The molecule has 4 rings (SSSR count). The van der Waals surface area contributed by atoms with Gasteiger partial charge in [0, 0.05) is 6.92 Å². The van der Waals surface area contributed by atoms with Crippen LogP contribution in [0.25, 0.3) is 0 Å². The fraction of sp³-hybridized carbons (Fsp3) is 0.421. The monoisotopic (exact) mass is 375 g/mol. The Hall–Kier alpha value is -2.39. The third-order valence-electron chi connectivity index (χ3n) is 4.51. The van der Waals surface area contributed by atoms with E-state index < -0.39 is 36.9 Å². The highest BCUT2D eigenvalue weighted by molar-refractivity contribution is 5.73. The third kappa shape index (κ3) is 3.84. The lowest BCUT2D eigenvalue weighted by atomic mass is 9.96. The molecule has 8 nitrogen and oxygen atoms in total. The Morgan fingerprint density at radius 1 is 1.19 bits per heavy atom. The van der Waals surface area contributed by atoms with Crippen molar-refractivity contribution in [1.29, 1.82) is 0 Å². The Labute approximate surface area is 156 Å². The number of amides is 1. The molecule has 0 radical (unpaired) electrons. The van der Waals surface area contributed by atoms with Crippen molar-refractivity contribution < 1.29 is 33.3 Å². The summed E-state index contributed by atoms with van der Waals surface area (Å²) >= 11 is 0. The van der Waals surface area contributed by atoms with E-state index in [9.17, 15) is 9.90 Å². The maximum atomic E-state index is 11.7. The Kier molecular flexibility index (Phi) is 5.13. The maximum Gasteiger partial charge on any atom is 0.223 e. The number of carbonyl (C=O) groups is 1. The van der Waals surface area contributed by atoms with Gasteiger partial charge < -0.3 is 33.8 Å². The summed E-state index contributed by atoms with van der Waals surface area (Å²) in [7, 11) is 0. The van der Waals surface area contributed by atoms with E-state index in [4.69, 9.17) is 23.4 Å². The molecule has 2 N–H and O–H groups in total. The normalized spacial score (nSPS) is 33.1. The van der Waals surface area contributed by atoms with Crippen molar-refractivity contribution in [3.8, 4) is 5.75 Å². The summed E-state index contributed by atoms with van der Waals surface area (Å²) in [5.41, 5.74) is 0. The average molecular weight is 375 g/mol. The van der Waals surface area contributed by atoms with Crippen LogP contribution in [0.2, 0.25) is 0 Å². The van der Waals surface area contributed by atoms with Crippen molar-refractivity contribution in [2.24, 2.45) is 0 Å². The van der Waals surface area contributed by atoms with Gasteiger partial charge in [-0.2, -0.15) is 0 Å². The standard InChI is InChI=1S/C19H21NO7/c1-11(21)20-15-16(22)17-14(10-24-18(27-17)13-8-5-9-23-13)26-19(15)25-12-6-3-2-4-7-12/h2-9,14-19,22H,10H2,1H3,(H,20,21)/t14-,15+,16-,17+,18-,19-/m1/s1. The van der Waals surface area contributed by atoms with E-state index in [-0.39, 0.29) is 12.5 Å². The molecule has 2 saturated heterocycles. The fourth-order valence-corrected chi connectivity index (χ4v) is 3.28. The summed E-state index contributed by atoms with van der Waals surface area (Å²) in [6.07, 6.45) is -2.43. The van der Waals surface area contributed by atoms with Gasteiger partial charge in [-0.3, -0.25) is 4.79 Å². The molecule has 1 aromatic carbocycles. The summed E-state index contributed by atoms with van der Waals surface area (Å²) in [5, 5.41) is 13.6. The van der Waals surface area contributed by atoms with Gasteiger partial charge in [0.25, 0.3) is 0 Å². The number of fused-ring (bicyclic) bond motifs is 1. The van der Waals surface area contributed by atoms with E-state index in [1.165, 1.54) is 13.2 Å². The molecule has 3 heterocycles. The molecular formula is C19H21NO7. The molecule has 27 heavy (non-hydrogen) atoms. The van der Waals surface area contributed by atoms with Crippen molar-refractivity contribution in [2.45, 2.75) is 43.9 Å². The van der Waals surface area contributed by atoms with Crippen molar-refractivity contribution in [3.63, 3.8) is 0 Å². The Morgan fingerprint density at radius 2 is 2.00 bits per heavy atom. The molecule has 1 aromatic heterocycles. The smallest absolute Gasteiger partial charge is 0.223 e. The predicted molar refractivity (Wildman–Crippen MR) is 91.6 cm³/mol. The van der Waals surface area contributed by atoms with Gasteiger partial charge in [-0.15, -0.1) is 0 Å². The van der Waals surface area contributed by atoms with Gasteiger partial charge in [-0.05, 0) is 24.3 Å². The van der Waals surface area contributed by atoms with Crippen molar-refractivity contribution in [2.75, 3.05) is 6.61 Å². The van der Waals surface area contributed by atoms with E-state index in [2.05, 4.69) is 5.32 Å². The SMILES string of the molecule is CC(=O)N[C@@H]1[C@H](Oc2ccccc2)O[C@@H]2CO[C@@H](c3ccco3)O[C@@H]2[C@@H]1O. The molecule has 1 amide bonds. The van der Waals surface area contributed by atoms with Gasteiger partial charge in [0.15, 0.2) is 5.76 Å². The zero-order valence-corrected chi connectivity index (χ0v) is 14.7. The minimum atomic E-state index is -1.05. The number of benzene rings is 1. The van der Waals surface area contributed by atoms with Gasteiger partial charge in [0.05, 0.1) is 12.9 Å². The number of rotatable bonds is 4. The quantitative estimate of drug-likeness (QED) is 0.832. The number of ether oxygens (including phenoxy) is 4. The van der Waals surface area contributed by atoms with Crippen LogP contribution in [0.1, 0.15) is 19.0 Å². The molecule has 6 atom stereocenters. The van der Waals surface area contributed by atoms with Crippen LogP contribution in [-0.4, -0.2) is 48.3 Å². The van der Waals surface area contributed by atoms with E-state index in [0.29, 0.717) is 11.5 Å². The number of para-hydroxylation sites is 1. The molecule has 0 bridgehead atoms. The zero-order chi connectivity index (χ0) is 18.8. The van der Waals surface area contributed by atoms with Gasteiger partial charge in [-0.1, -0.05) is 18.2 Å². The maximum absolute atomic E-state index is 11.7. The molecule has 0 spiro atoms. The zero-order valence-electron chi connectivity index (χ0n) is 14.7. The molecule has 0 saturated carbocycles. The summed E-state index contributed by atoms with van der Waals surface area (Å²) in [4.78, 5) is 11.7. The largest absolute Gasteiger partial charge is 0.464 e. The second kappa shape index (κ2) is 7.69. The minimum absolute atomic E-state index is 0.189. The van der Waals surface area contributed by atoms with Crippen LogP contribution in [0.4, 0.5) is 0 Å².